The lowest BCUT2D eigenvalue weighted by Crippen LogP contribution is -2.17. The third-order valence-electron chi connectivity index (χ3n) is 3.32. The van der Waals surface area contributed by atoms with E-state index >= 15 is 0 Å². The first-order chi connectivity index (χ1) is 6.02. The lowest BCUT2D eigenvalue weighted by Gasteiger charge is -2.25. The van der Waals surface area contributed by atoms with Gasteiger partial charge in [0.25, 0.3) is 0 Å². The Hall–Kier alpha value is 0.350. The van der Waals surface area contributed by atoms with E-state index in [2.05, 4.69) is 53.3 Å². The molecule has 4 atom stereocenters. The van der Waals surface area contributed by atoms with E-state index in [4.69, 9.17) is 0 Å². The molecule has 0 nitrogen and oxygen atoms in total. The van der Waals surface area contributed by atoms with Gasteiger partial charge in [0.15, 0.2) is 0 Å². The lowest BCUT2D eigenvalue weighted by molar-refractivity contribution is 0.533. The first kappa shape index (κ1) is 13.4. The van der Waals surface area contributed by atoms with Crippen LogP contribution in [0.1, 0.15) is 54.4 Å². The fourth-order valence-corrected chi connectivity index (χ4v) is 2.87. The van der Waals surface area contributed by atoms with Crippen LogP contribution < -0.4 is 0 Å². The molecular weight excluding hydrogens is 176 g/mol. The molecule has 0 rings (SSSR count). The van der Waals surface area contributed by atoms with Crippen LogP contribution in [0.3, 0.4) is 0 Å². The molecule has 0 aromatic heterocycles. The number of rotatable bonds is 6. The van der Waals surface area contributed by atoms with Crippen molar-refractivity contribution >= 4 is 11.8 Å². The summed E-state index contributed by atoms with van der Waals surface area (Å²) >= 11 is 2.16. The van der Waals surface area contributed by atoms with Gasteiger partial charge in [-0.1, -0.05) is 54.4 Å². The quantitative estimate of drug-likeness (QED) is 0.607. The maximum atomic E-state index is 2.37. The summed E-state index contributed by atoms with van der Waals surface area (Å²) in [5, 5.41) is 1.63. The predicted octanol–water partition coefficient (Wildman–Crippen LogP) is 4.59. The normalized spacial score (nSPS) is 20.8. The number of hydrogen-bond acceptors (Lipinski definition) is 1. The van der Waals surface area contributed by atoms with Crippen LogP contribution in [-0.2, 0) is 0 Å². The molecule has 1 heteroatoms. The van der Waals surface area contributed by atoms with Crippen molar-refractivity contribution in [1.82, 2.24) is 0 Å². The molecule has 0 fully saturated rings. The summed E-state index contributed by atoms with van der Waals surface area (Å²) in [5.74, 6) is 1.72. The van der Waals surface area contributed by atoms with Crippen molar-refractivity contribution in [2.24, 2.45) is 11.8 Å². The van der Waals surface area contributed by atoms with E-state index in [0.717, 1.165) is 22.3 Å². The molecule has 0 saturated heterocycles. The molecule has 0 N–H and O–H groups in total. The molecule has 13 heavy (non-hydrogen) atoms. The van der Waals surface area contributed by atoms with Crippen molar-refractivity contribution in [2.45, 2.75) is 64.9 Å². The smallest absolute Gasteiger partial charge is 0.00470 e. The zero-order valence-electron chi connectivity index (χ0n) is 10.1. The molecule has 80 valence electrons. The summed E-state index contributed by atoms with van der Waals surface area (Å²) < 4.78 is 0. The van der Waals surface area contributed by atoms with Gasteiger partial charge < -0.3 is 0 Å². The van der Waals surface area contributed by atoms with E-state index in [1.807, 2.05) is 0 Å². The third kappa shape index (κ3) is 4.95. The van der Waals surface area contributed by atoms with Crippen LogP contribution in [0, 0.1) is 11.8 Å². The molecular formula is C12H26S. The van der Waals surface area contributed by atoms with E-state index in [9.17, 15) is 0 Å². The van der Waals surface area contributed by atoms with Gasteiger partial charge in [0.05, 0.1) is 0 Å². The fraction of sp³-hybridized carbons (Fsp3) is 1.00. The molecule has 0 heterocycles. The second-order valence-electron chi connectivity index (χ2n) is 4.32. The van der Waals surface area contributed by atoms with Crippen LogP contribution in [-0.4, -0.2) is 10.5 Å². The maximum absolute atomic E-state index is 2.37. The summed E-state index contributed by atoms with van der Waals surface area (Å²) in [7, 11) is 0. The van der Waals surface area contributed by atoms with Crippen LogP contribution in [0.25, 0.3) is 0 Å². The Morgan fingerprint density at radius 3 is 1.31 bits per heavy atom. The van der Waals surface area contributed by atoms with Crippen LogP contribution in [0.2, 0.25) is 0 Å². The van der Waals surface area contributed by atoms with E-state index in [1.54, 1.807) is 0 Å². The Morgan fingerprint density at radius 2 is 1.08 bits per heavy atom. The standard InChI is InChI=1S/C12H26S/c1-7-9(3)11(5)13-12(6)10(4)8-2/h9-12H,7-8H2,1-6H3. The monoisotopic (exact) mass is 202 g/mol. The minimum absolute atomic E-state index is 0.814. The summed E-state index contributed by atoms with van der Waals surface area (Å²) in [6, 6.07) is 0. The topological polar surface area (TPSA) is 0 Å². The van der Waals surface area contributed by atoms with Crippen LogP contribution in [0.15, 0.2) is 0 Å². The van der Waals surface area contributed by atoms with Gasteiger partial charge in [0, 0.05) is 10.5 Å². The maximum Gasteiger partial charge on any atom is 0.00470 e. The summed E-state index contributed by atoms with van der Waals surface area (Å²) in [6.07, 6.45) is 2.61. The zero-order chi connectivity index (χ0) is 10.4. The molecule has 0 aliphatic heterocycles. The molecule has 0 aliphatic carbocycles. The van der Waals surface area contributed by atoms with Gasteiger partial charge in [-0.3, -0.25) is 0 Å². The van der Waals surface area contributed by atoms with Crippen molar-refractivity contribution in [3.05, 3.63) is 0 Å². The summed E-state index contributed by atoms with van der Waals surface area (Å²) in [5.41, 5.74) is 0. The Balaban J connectivity index is 3.83. The van der Waals surface area contributed by atoms with Crippen molar-refractivity contribution < 1.29 is 0 Å². The number of thioether (sulfide) groups is 1. The minimum atomic E-state index is 0.814. The molecule has 4 unspecified atom stereocenters. The van der Waals surface area contributed by atoms with Crippen molar-refractivity contribution in [3.8, 4) is 0 Å². The van der Waals surface area contributed by atoms with Crippen LogP contribution in [0.5, 0.6) is 0 Å². The lowest BCUT2D eigenvalue weighted by atomic mass is 10.1. The molecule has 0 aromatic rings. The molecule has 0 aliphatic rings. The Morgan fingerprint density at radius 1 is 0.769 bits per heavy atom. The van der Waals surface area contributed by atoms with Gasteiger partial charge in [0.1, 0.15) is 0 Å². The highest BCUT2D eigenvalue weighted by molar-refractivity contribution is 8.00. The minimum Gasteiger partial charge on any atom is -0.155 e. The SMILES string of the molecule is CCC(C)C(C)SC(C)C(C)CC. The highest BCUT2D eigenvalue weighted by atomic mass is 32.2. The van der Waals surface area contributed by atoms with Gasteiger partial charge in [0.2, 0.25) is 0 Å². The summed E-state index contributed by atoms with van der Waals surface area (Å²) in [6.45, 7) is 14.0. The Bertz CT molecular complexity index is 108. The first-order valence-corrected chi connectivity index (χ1v) is 6.62. The predicted molar refractivity (Wildman–Crippen MR) is 65.4 cm³/mol. The number of hydrogen-bond donors (Lipinski definition) is 0. The van der Waals surface area contributed by atoms with Crippen LogP contribution >= 0.6 is 11.8 Å². The second kappa shape index (κ2) is 6.75. The third-order valence-corrected chi connectivity index (χ3v) is 5.11. The van der Waals surface area contributed by atoms with Crippen molar-refractivity contribution in [1.29, 1.82) is 0 Å². The van der Waals surface area contributed by atoms with E-state index < -0.39 is 0 Å². The van der Waals surface area contributed by atoms with E-state index in [-0.39, 0.29) is 0 Å². The molecule has 0 amide bonds. The molecule has 0 aromatic carbocycles. The van der Waals surface area contributed by atoms with Gasteiger partial charge in [-0.25, -0.2) is 0 Å². The van der Waals surface area contributed by atoms with Crippen molar-refractivity contribution in [2.75, 3.05) is 0 Å². The first-order valence-electron chi connectivity index (χ1n) is 5.68. The Kier molecular flexibility index (Phi) is 6.93. The van der Waals surface area contributed by atoms with Gasteiger partial charge in [-0.05, 0) is 11.8 Å². The second-order valence-corrected chi connectivity index (χ2v) is 6.08. The zero-order valence-corrected chi connectivity index (χ0v) is 10.9. The Labute approximate surface area is 88.9 Å². The van der Waals surface area contributed by atoms with E-state index in [1.165, 1.54) is 12.8 Å². The molecule has 0 spiro atoms. The van der Waals surface area contributed by atoms with Crippen LogP contribution in [0.4, 0.5) is 0 Å². The summed E-state index contributed by atoms with van der Waals surface area (Å²) in [4.78, 5) is 0. The highest BCUT2D eigenvalue weighted by Crippen LogP contribution is 2.30. The average molecular weight is 202 g/mol. The fourth-order valence-electron chi connectivity index (χ4n) is 1.27. The molecule has 0 bridgehead atoms. The highest BCUT2D eigenvalue weighted by Gasteiger charge is 2.17. The van der Waals surface area contributed by atoms with Gasteiger partial charge >= 0.3 is 0 Å². The van der Waals surface area contributed by atoms with Gasteiger partial charge in [-0.15, -0.1) is 0 Å². The molecule has 0 radical (unpaired) electrons. The van der Waals surface area contributed by atoms with Gasteiger partial charge in [-0.2, -0.15) is 11.8 Å². The van der Waals surface area contributed by atoms with E-state index in [0.29, 0.717) is 0 Å². The molecule has 0 saturated carbocycles. The largest absolute Gasteiger partial charge is 0.155 e. The average Bonchev–Trinajstić information content (AvgIpc) is 2.14. The van der Waals surface area contributed by atoms with Crippen molar-refractivity contribution in [3.63, 3.8) is 0 Å².